The first-order chi connectivity index (χ1) is 16.5. The number of carbonyl (C=O) groups excluding carboxylic acids is 2. The van der Waals surface area contributed by atoms with E-state index >= 15 is 0 Å². The molecule has 0 spiro atoms. The highest BCUT2D eigenvalue weighted by molar-refractivity contribution is 5.90. The molecular weight excluding hydrogens is 438 g/mol. The van der Waals surface area contributed by atoms with Crippen LogP contribution in [0.5, 0.6) is 5.75 Å². The number of hydrogen-bond acceptors (Lipinski definition) is 7. The summed E-state index contributed by atoms with van der Waals surface area (Å²) in [6.45, 7) is 2.74. The summed E-state index contributed by atoms with van der Waals surface area (Å²) in [6, 6.07) is 6.98. The molecule has 1 aromatic carbocycles. The summed E-state index contributed by atoms with van der Waals surface area (Å²) < 4.78 is 16.1. The minimum Gasteiger partial charge on any atom is -0.496 e. The van der Waals surface area contributed by atoms with Gasteiger partial charge in [-0.05, 0) is 31.1 Å². The molecule has 3 unspecified atom stereocenters. The molecule has 2 aliphatic rings. The highest BCUT2D eigenvalue weighted by Gasteiger charge is 2.21. The molecule has 180 valence electrons. The molecule has 3 N–H and O–H groups in total. The normalized spacial score (nSPS) is 19.3. The van der Waals surface area contributed by atoms with Crippen molar-refractivity contribution in [3.05, 3.63) is 47.7 Å². The predicted octanol–water partition coefficient (Wildman–Crippen LogP) is 3.79. The van der Waals surface area contributed by atoms with Crippen molar-refractivity contribution in [1.29, 1.82) is 5.26 Å². The first-order valence-corrected chi connectivity index (χ1v) is 11.1. The van der Waals surface area contributed by atoms with Gasteiger partial charge in [0, 0.05) is 35.5 Å². The van der Waals surface area contributed by atoms with E-state index in [0.29, 0.717) is 37.4 Å². The van der Waals surface area contributed by atoms with Gasteiger partial charge in [-0.15, -0.1) is 0 Å². The molecule has 0 bridgehead atoms. The number of ether oxygens (including phenoxy) is 3. The summed E-state index contributed by atoms with van der Waals surface area (Å²) in [5, 5.41) is 17.1. The molecule has 34 heavy (non-hydrogen) atoms. The maximum Gasteiger partial charge on any atom is 0.407 e. The zero-order valence-corrected chi connectivity index (χ0v) is 19.2. The maximum absolute atomic E-state index is 12.5. The van der Waals surface area contributed by atoms with Crippen molar-refractivity contribution >= 4 is 24.2 Å². The Balaban J connectivity index is 1.47. The number of nitrogens with one attached hydrogen (secondary N) is 3. The number of methoxy groups -OCH3 is 1. The summed E-state index contributed by atoms with van der Waals surface area (Å²) in [5.41, 5.74) is 2.15. The van der Waals surface area contributed by atoms with E-state index in [1.807, 2.05) is 37.3 Å². The summed E-state index contributed by atoms with van der Waals surface area (Å²) >= 11 is 0. The minimum atomic E-state index is -0.552. The van der Waals surface area contributed by atoms with Crippen LogP contribution in [-0.2, 0) is 9.47 Å². The second-order valence-electron chi connectivity index (χ2n) is 7.85. The van der Waals surface area contributed by atoms with Crippen LogP contribution in [0, 0.1) is 17.2 Å². The van der Waals surface area contributed by atoms with Gasteiger partial charge in [0.25, 0.3) is 0 Å². The van der Waals surface area contributed by atoms with Crippen LogP contribution in [-0.4, -0.2) is 44.8 Å². The average molecular weight is 468 g/mol. The number of alkyl carbamates (subject to hydrolysis) is 1. The van der Waals surface area contributed by atoms with E-state index in [1.54, 1.807) is 19.2 Å². The van der Waals surface area contributed by atoms with Crippen molar-refractivity contribution < 1.29 is 23.8 Å². The summed E-state index contributed by atoms with van der Waals surface area (Å²) in [6.07, 6.45) is 7.15. The van der Waals surface area contributed by atoms with Crippen LogP contribution in [0.3, 0.4) is 0 Å². The van der Waals surface area contributed by atoms with Gasteiger partial charge in [0.2, 0.25) is 0 Å². The Labute approximate surface area is 198 Å². The van der Waals surface area contributed by atoms with E-state index < -0.39 is 12.2 Å². The van der Waals surface area contributed by atoms with Gasteiger partial charge in [-0.2, -0.15) is 5.26 Å². The van der Waals surface area contributed by atoms with Crippen LogP contribution >= 0.6 is 0 Å². The smallest absolute Gasteiger partial charge is 0.407 e. The Morgan fingerprint density at radius 1 is 1.35 bits per heavy atom. The van der Waals surface area contributed by atoms with Crippen molar-refractivity contribution in [2.45, 2.75) is 38.4 Å². The second kappa shape index (κ2) is 12.3. The number of allylic oxidation sites excluding steroid dienone is 3. The van der Waals surface area contributed by atoms with Crippen molar-refractivity contribution in [2.24, 2.45) is 10.9 Å². The Morgan fingerprint density at radius 3 is 2.91 bits per heavy atom. The molecule has 3 rings (SSSR count). The zero-order chi connectivity index (χ0) is 24.3. The highest BCUT2D eigenvalue weighted by Crippen LogP contribution is 2.32. The quantitative estimate of drug-likeness (QED) is 0.506. The monoisotopic (exact) mass is 467 g/mol. The van der Waals surface area contributed by atoms with E-state index in [9.17, 15) is 9.59 Å². The third kappa shape index (κ3) is 7.00. The van der Waals surface area contributed by atoms with Crippen LogP contribution in [0.25, 0.3) is 0 Å². The number of amides is 3. The molecular formula is C24H29N5O5. The largest absolute Gasteiger partial charge is 0.496 e. The number of rotatable bonds is 9. The molecule has 3 atom stereocenters. The first kappa shape index (κ1) is 24.6. The van der Waals surface area contributed by atoms with Gasteiger partial charge in [0.05, 0.1) is 26.1 Å². The van der Waals surface area contributed by atoms with E-state index in [0.717, 1.165) is 11.3 Å². The van der Waals surface area contributed by atoms with Crippen molar-refractivity contribution in [3.8, 4) is 11.8 Å². The van der Waals surface area contributed by atoms with Crippen molar-refractivity contribution in [3.63, 3.8) is 0 Å². The Bertz CT molecular complexity index is 1010. The van der Waals surface area contributed by atoms with Crippen LogP contribution in [0.4, 0.5) is 15.3 Å². The van der Waals surface area contributed by atoms with Gasteiger partial charge in [0.1, 0.15) is 18.0 Å². The summed E-state index contributed by atoms with van der Waals surface area (Å²) in [7, 11) is 1.56. The predicted molar refractivity (Wildman–Crippen MR) is 126 cm³/mol. The van der Waals surface area contributed by atoms with Crippen molar-refractivity contribution in [2.75, 3.05) is 25.5 Å². The zero-order valence-electron chi connectivity index (χ0n) is 19.2. The number of anilines is 1. The minimum absolute atomic E-state index is 0.00287. The van der Waals surface area contributed by atoms with Gasteiger partial charge in [0.15, 0.2) is 6.40 Å². The van der Waals surface area contributed by atoms with Gasteiger partial charge < -0.3 is 30.2 Å². The fourth-order valence-electron chi connectivity index (χ4n) is 3.59. The molecule has 0 radical (unpaired) electrons. The van der Waals surface area contributed by atoms with E-state index in [1.165, 1.54) is 6.40 Å². The highest BCUT2D eigenvalue weighted by atomic mass is 16.6. The number of benzene rings is 1. The molecule has 10 heteroatoms. The van der Waals surface area contributed by atoms with Crippen LogP contribution in [0.1, 0.15) is 37.9 Å². The number of carbonyl (C=O) groups is 2. The lowest BCUT2D eigenvalue weighted by Gasteiger charge is -2.21. The van der Waals surface area contributed by atoms with Crippen LogP contribution < -0.4 is 20.7 Å². The Morgan fingerprint density at radius 2 is 2.21 bits per heavy atom. The standard InChI is InChI=1S/C24H29N5O5/c1-3-19(9-10-25)34-24(31)27-13-16-5-4-6-17(11-16)28-23(30)29-18-7-8-20(21(12-18)32-2)22-14-26-15-33-22/h4-8,12,15-16,19,22H,3,9,11,13-14H2,1-2H3,(H,27,31)(H2,28,29,30). The SMILES string of the molecule is CCC(CC#N)OC(=O)NCC1C=CC=C(NC(=O)Nc2ccc(C3CN=CO3)c(OC)c2)C1. The summed E-state index contributed by atoms with van der Waals surface area (Å²) in [5.74, 6) is 0.600. The number of hydrogen-bond donors (Lipinski definition) is 3. The number of nitrogens with zero attached hydrogens (tertiary/aromatic N) is 2. The van der Waals surface area contributed by atoms with Gasteiger partial charge in [-0.3, -0.25) is 4.99 Å². The van der Waals surface area contributed by atoms with Crippen LogP contribution in [0.15, 0.2) is 47.1 Å². The number of nitriles is 1. The average Bonchev–Trinajstić information content (AvgIpc) is 3.37. The molecule has 0 saturated heterocycles. The second-order valence-corrected chi connectivity index (χ2v) is 7.85. The Hall–Kier alpha value is -4.00. The van der Waals surface area contributed by atoms with Gasteiger partial charge in [-0.1, -0.05) is 19.1 Å². The molecule has 0 saturated carbocycles. The van der Waals surface area contributed by atoms with Crippen molar-refractivity contribution in [1.82, 2.24) is 10.6 Å². The molecule has 1 aromatic rings. The lowest BCUT2D eigenvalue weighted by atomic mass is 9.98. The molecule has 1 aliphatic carbocycles. The summed E-state index contributed by atoms with van der Waals surface area (Å²) in [4.78, 5) is 28.6. The first-order valence-electron chi connectivity index (χ1n) is 11.1. The third-order valence-electron chi connectivity index (χ3n) is 5.40. The Kier molecular flexibility index (Phi) is 8.91. The van der Waals surface area contributed by atoms with E-state index in [-0.39, 0.29) is 24.5 Å². The molecule has 3 amide bonds. The van der Waals surface area contributed by atoms with Gasteiger partial charge in [-0.25, -0.2) is 9.59 Å². The molecule has 1 aliphatic heterocycles. The molecule has 1 heterocycles. The molecule has 10 nitrogen and oxygen atoms in total. The maximum atomic E-state index is 12.5. The number of aliphatic imine (C=N–C) groups is 1. The number of urea groups is 1. The van der Waals surface area contributed by atoms with E-state index in [2.05, 4.69) is 20.9 Å². The lowest BCUT2D eigenvalue weighted by Crippen LogP contribution is -2.34. The molecule has 0 fully saturated rings. The van der Waals surface area contributed by atoms with E-state index in [4.69, 9.17) is 19.5 Å². The van der Waals surface area contributed by atoms with Crippen LogP contribution in [0.2, 0.25) is 0 Å². The third-order valence-corrected chi connectivity index (χ3v) is 5.40. The lowest BCUT2D eigenvalue weighted by molar-refractivity contribution is 0.0968. The molecule has 0 aromatic heterocycles. The topological polar surface area (TPSA) is 134 Å². The fraction of sp³-hybridized carbons (Fsp3) is 0.417. The van der Waals surface area contributed by atoms with Gasteiger partial charge >= 0.3 is 12.1 Å². The fourth-order valence-corrected chi connectivity index (χ4v) is 3.59.